The van der Waals surface area contributed by atoms with Gasteiger partial charge in [-0.1, -0.05) is 17.8 Å². The van der Waals surface area contributed by atoms with E-state index in [-0.39, 0.29) is 11.4 Å². The van der Waals surface area contributed by atoms with Crippen LogP contribution in [0.4, 0.5) is 5.69 Å². The zero-order valence-corrected chi connectivity index (χ0v) is 14.1. The van der Waals surface area contributed by atoms with Crippen molar-refractivity contribution >= 4 is 23.4 Å². The number of amides is 1. The van der Waals surface area contributed by atoms with Crippen molar-refractivity contribution in [3.63, 3.8) is 0 Å². The molecule has 0 aliphatic carbocycles. The van der Waals surface area contributed by atoms with E-state index in [0.29, 0.717) is 28.6 Å². The number of nitrogens with zero attached hydrogens (tertiary/aromatic N) is 5. The SMILES string of the molecule is CC(C)(C)n1nnnc1SCCC(=O)Nc1cccc(C#N)c1. The van der Waals surface area contributed by atoms with Gasteiger partial charge in [-0.05, 0) is 49.4 Å². The Hall–Kier alpha value is -2.40. The molecule has 0 unspecified atom stereocenters. The lowest BCUT2D eigenvalue weighted by molar-refractivity contribution is -0.115. The molecule has 8 heteroatoms. The van der Waals surface area contributed by atoms with Gasteiger partial charge < -0.3 is 5.32 Å². The van der Waals surface area contributed by atoms with Gasteiger partial charge in [-0.15, -0.1) is 5.10 Å². The highest BCUT2D eigenvalue weighted by molar-refractivity contribution is 7.99. The van der Waals surface area contributed by atoms with Crippen LogP contribution in [0.25, 0.3) is 0 Å². The number of rotatable bonds is 5. The van der Waals surface area contributed by atoms with Crippen LogP contribution < -0.4 is 5.32 Å². The number of hydrogen-bond donors (Lipinski definition) is 1. The molecule has 0 radical (unpaired) electrons. The number of carbonyl (C=O) groups is 1. The largest absolute Gasteiger partial charge is 0.326 e. The Morgan fingerprint density at radius 3 is 2.91 bits per heavy atom. The third-order valence-corrected chi connectivity index (χ3v) is 3.83. The van der Waals surface area contributed by atoms with E-state index < -0.39 is 0 Å². The van der Waals surface area contributed by atoms with Crippen molar-refractivity contribution < 1.29 is 4.79 Å². The molecule has 1 amide bonds. The van der Waals surface area contributed by atoms with E-state index in [4.69, 9.17) is 5.26 Å². The predicted molar refractivity (Wildman–Crippen MR) is 87.9 cm³/mol. The van der Waals surface area contributed by atoms with Crippen molar-refractivity contribution in [1.82, 2.24) is 20.2 Å². The van der Waals surface area contributed by atoms with Crippen LogP contribution >= 0.6 is 11.8 Å². The number of tetrazole rings is 1. The molecule has 1 aromatic heterocycles. The van der Waals surface area contributed by atoms with Crippen LogP contribution in [0.2, 0.25) is 0 Å². The monoisotopic (exact) mass is 330 g/mol. The molecule has 1 heterocycles. The quantitative estimate of drug-likeness (QED) is 0.846. The van der Waals surface area contributed by atoms with Gasteiger partial charge in [0.25, 0.3) is 0 Å². The van der Waals surface area contributed by atoms with E-state index in [0.717, 1.165) is 0 Å². The number of anilines is 1. The highest BCUT2D eigenvalue weighted by atomic mass is 32.2. The second-order valence-electron chi connectivity index (χ2n) is 5.88. The highest BCUT2D eigenvalue weighted by Crippen LogP contribution is 2.22. The topological polar surface area (TPSA) is 96.5 Å². The normalized spacial score (nSPS) is 11.0. The molecule has 0 atom stereocenters. The summed E-state index contributed by atoms with van der Waals surface area (Å²) in [6.45, 7) is 6.05. The van der Waals surface area contributed by atoms with Gasteiger partial charge in [-0.25, -0.2) is 4.68 Å². The summed E-state index contributed by atoms with van der Waals surface area (Å²) < 4.78 is 1.74. The maximum Gasteiger partial charge on any atom is 0.225 e. The molecule has 0 fully saturated rings. The van der Waals surface area contributed by atoms with Crippen LogP contribution in [0.3, 0.4) is 0 Å². The van der Waals surface area contributed by atoms with Crippen LogP contribution in [-0.2, 0) is 10.3 Å². The molecule has 1 N–H and O–H groups in total. The van der Waals surface area contributed by atoms with E-state index in [2.05, 4.69) is 20.8 Å². The average molecular weight is 330 g/mol. The first-order valence-electron chi connectivity index (χ1n) is 7.12. The number of nitriles is 1. The molecule has 1 aromatic carbocycles. The number of benzene rings is 1. The van der Waals surface area contributed by atoms with Crippen molar-refractivity contribution in [1.29, 1.82) is 5.26 Å². The predicted octanol–water partition coefficient (Wildman–Crippen LogP) is 2.42. The lowest BCUT2D eigenvalue weighted by Crippen LogP contribution is -2.24. The highest BCUT2D eigenvalue weighted by Gasteiger charge is 2.19. The Morgan fingerprint density at radius 2 is 2.22 bits per heavy atom. The second kappa shape index (κ2) is 7.24. The summed E-state index contributed by atoms with van der Waals surface area (Å²) in [7, 11) is 0. The Kier molecular flexibility index (Phi) is 5.34. The first kappa shape index (κ1) is 17.0. The second-order valence-corrected chi connectivity index (χ2v) is 6.95. The van der Waals surface area contributed by atoms with Crippen molar-refractivity contribution in [2.45, 2.75) is 37.9 Å². The van der Waals surface area contributed by atoms with E-state index in [1.165, 1.54) is 11.8 Å². The lowest BCUT2D eigenvalue weighted by Gasteiger charge is -2.19. The Balaban J connectivity index is 1.86. The summed E-state index contributed by atoms with van der Waals surface area (Å²) in [4.78, 5) is 12.0. The first-order chi connectivity index (χ1) is 10.9. The zero-order valence-electron chi connectivity index (χ0n) is 13.3. The minimum Gasteiger partial charge on any atom is -0.326 e. The zero-order chi connectivity index (χ0) is 16.9. The molecule has 0 saturated carbocycles. The van der Waals surface area contributed by atoms with Crippen LogP contribution in [-0.4, -0.2) is 31.9 Å². The molecule has 0 bridgehead atoms. The standard InChI is InChI=1S/C15H18N6OS/c1-15(2,3)21-14(18-19-20-21)23-8-7-13(22)17-12-6-4-5-11(9-12)10-16/h4-6,9H,7-8H2,1-3H3,(H,17,22). The number of hydrogen-bond acceptors (Lipinski definition) is 6. The van der Waals surface area contributed by atoms with Gasteiger partial charge in [-0.3, -0.25) is 4.79 Å². The van der Waals surface area contributed by atoms with Crippen molar-refractivity contribution in [3.8, 4) is 6.07 Å². The fourth-order valence-corrected chi connectivity index (χ4v) is 2.81. The van der Waals surface area contributed by atoms with Gasteiger partial charge in [0.05, 0.1) is 17.2 Å². The minimum atomic E-state index is -0.203. The van der Waals surface area contributed by atoms with Gasteiger partial charge in [0.1, 0.15) is 0 Å². The maximum atomic E-state index is 12.0. The van der Waals surface area contributed by atoms with Crippen molar-refractivity contribution in [2.24, 2.45) is 0 Å². The molecular weight excluding hydrogens is 312 g/mol. The molecule has 7 nitrogen and oxygen atoms in total. The van der Waals surface area contributed by atoms with Crippen LogP contribution in [0.15, 0.2) is 29.4 Å². The van der Waals surface area contributed by atoms with E-state index in [1.807, 2.05) is 26.8 Å². The summed E-state index contributed by atoms with van der Waals surface area (Å²) in [5.74, 6) is 0.461. The van der Waals surface area contributed by atoms with Crippen molar-refractivity contribution in [2.75, 3.05) is 11.1 Å². The smallest absolute Gasteiger partial charge is 0.225 e. The van der Waals surface area contributed by atoms with Gasteiger partial charge in [-0.2, -0.15) is 5.26 Å². The summed E-state index contributed by atoms with van der Waals surface area (Å²) in [6.07, 6.45) is 0.332. The van der Waals surface area contributed by atoms with Gasteiger partial charge >= 0.3 is 0 Å². The van der Waals surface area contributed by atoms with Gasteiger partial charge in [0.2, 0.25) is 11.1 Å². The number of nitrogens with one attached hydrogen (secondary N) is 1. The molecule has 0 spiro atoms. The Labute approximate surface area is 139 Å². The third kappa shape index (κ3) is 4.79. The molecule has 23 heavy (non-hydrogen) atoms. The Morgan fingerprint density at radius 1 is 1.43 bits per heavy atom. The number of aromatic nitrogens is 4. The van der Waals surface area contributed by atoms with Crippen LogP contribution in [0.5, 0.6) is 0 Å². The van der Waals surface area contributed by atoms with Crippen LogP contribution in [0.1, 0.15) is 32.8 Å². The molecule has 120 valence electrons. The van der Waals surface area contributed by atoms with E-state index in [9.17, 15) is 4.79 Å². The summed E-state index contributed by atoms with van der Waals surface area (Å²) in [6, 6.07) is 8.87. The molecular formula is C15H18N6OS. The molecule has 2 aromatic rings. The summed E-state index contributed by atoms with van der Waals surface area (Å²) in [5, 5.41) is 24.0. The number of thioether (sulfide) groups is 1. The van der Waals surface area contributed by atoms with Gasteiger partial charge in [0.15, 0.2) is 0 Å². The minimum absolute atomic E-state index is 0.109. The summed E-state index contributed by atoms with van der Waals surface area (Å²) >= 11 is 1.44. The Bertz CT molecular complexity index is 728. The summed E-state index contributed by atoms with van der Waals surface area (Å²) in [5.41, 5.74) is 0.936. The molecule has 0 aliphatic rings. The van der Waals surface area contributed by atoms with E-state index in [1.54, 1.807) is 28.9 Å². The fourth-order valence-electron chi connectivity index (χ4n) is 1.81. The van der Waals surface area contributed by atoms with Crippen LogP contribution in [0, 0.1) is 11.3 Å². The maximum absolute atomic E-state index is 12.0. The van der Waals surface area contributed by atoms with Crippen molar-refractivity contribution in [3.05, 3.63) is 29.8 Å². The van der Waals surface area contributed by atoms with E-state index >= 15 is 0 Å². The molecule has 2 rings (SSSR count). The lowest BCUT2D eigenvalue weighted by atomic mass is 10.1. The molecule has 0 saturated heterocycles. The average Bonchev–Trinajstić information content (AvgIpc) is 2.96. The number of carbonyl (C=O) groups excluding carboxylic acids is 1. The third-order valence-electron chi connectivity index (χ3n) is 2.91. The fraction of sp³-hybridized carbons (Fsp3) is 0.400. The molecule has 0 aliphatic heterocycles. The van der Waals surface area contributed by atoms with Gasteiger partial charge in [0, 0.05) is 17.9 Å². The first-order valence-corrected chi connectivity index (χ1v) is 8.10.